The van der Waals surface area contributed by atoms with Crippen LogP contribution in [0, 0.1) is 11.3 Å². The van der Waals surface area contributed by atoms with E-state index in [1.807, 2.05) is 0 Å². The topological polar surface area (TPSA) is 49.6 Å². The van der Waals surface area contributed by atoms with Crippen molar-refractivity contribution in [2.75, 3.05) is 0 Å². The van der Waals surface area contributed by atoms with Crippen molar-refractivity contribution in [3.8, 4) is 6.07 Å². The van der Waals surface area contributed by atoms with Gasteiger partial charge in [0.25, 0.3) is 0 Å². The summed E-state index contributed by atoms with van der Waals surface area (Å²) in [7, 11) is 0. The number of rotatable bonds is 0. The Morgan fingerprint density at radius 1 is 1.67 bits per heavy atom. The largest absolute Gasteiger partial charge is 0.191 e. The third-order valence-corrected chi connectivity index (χ3v) is 1.08. The van der Waals surface area contributed by atoms with Crippen LogP contribution in [0.2, 0.25) is 5.02 Å². The Balaban J connectivity index is 3.20. The fourth-order valence-corrected chi connectivity index (χ4v) is 0.529. The summed E-state index contributed by atoms with van der Waals surface area (Å²) < 4.78 is 0. The molecule has 0 amide bonds. The fraction of sp³-hybridized carbons (Fsp3) is 0. The Hall–Kier alpha value is -1.14. The molecule has 0 bridgehead atoms. The molecule has 1 heterocycles. The Morgan fingerprint density at radius 3 is 2.89 bits per heavy atom. The molecule has 44 valence electrons. The van der Waals surface area contributed by atoms with Gasteiger partial charge >= 0.3 is 0 Å². The maximum absolute atomic E-state index is 8.28. The average molecular weight is 140 g/mol. The summed E-state index contributed by atoms with van der Waals surface area (Å²) in [5.74, 6) is 0. The second-order valence-electron chi connectivity index (χ2n) is 1.34. The van der Waals surface area contributed by atoms with Crippen LogP contribution in [0.1, 0.15) is 5.69 Å². The monoisotopic (exact) mass is 139 g/mol. The molecule has 0 atom stereocenters. The van der Waals surface area contributed by atoms with Crippen molar-refractivity contribution in [2.45, 2.75) is 0 Å². The van der Waals surface area contributed by atoms with Crippen LogP contribution in [0.4, 0.5) is 0 Å². The van der Waals surface area contributed by atoms with Gasteiger partial charge in [-0.2, -0.15) is 10.4 Å². The van der Waals surface area contributed by atoms with Gasteiger partial charge in [-0.3, -0.25) is 0 Å². The maximum Gasteiger partial charge on any atom is 0.181 e. The van der Waals surface area contributed by atoms with Crippen molar-refractivity contribution in [3.05, 3.63) is 23.0 Å². The van der Waals surface area contributed by atoms with E-state index in [-0.39, 0.29) is 5.69 Å². The molecule has 0 saturated heterocycles. The second kappa shape index (κ2) is 2.42. The highest BCUT2D eigenvalue weighted by molar-refractivity contribution is 6.31. The van der Waals surface area contributed by atoms with Crippen molar-refractivity contribution in [1.29, 1.82) is 5.26 Å². The SMILES string of the molecule is N#Cc1nnccc1Cl. The van der Waals surface area contributed by atoms with Crippen LogP contribution >= 0.6 is 11.6 Å². The molecule has 4 heteroatoms. The lowest BCUT2D eigenvalue weighted by Gasteiger charge is -1.86. The summed E-state index contributed by atoms with van der Waals surface area (Å²) in [6.07, 6.45) is 1.43. The van der Waals surface area contributed by atoms with E-state index >= 15 is 0 Å². The van der Waals surface area contributed by atoms with Crippen molar-refractivity contribution >= 4 is 11.6 Å². The zero-order valence-electron chi connectivity index (χ0n) is 4.37. The lowest BCUT2D eigenvalue weighted by molar-refractivity contribution is 1.01. The van der Waals surface area contributed by atoms with Crippen LogP contribution < -0.4 is 0 Å². The normalized spacial score (nSPS) is 8.44. The predicted molar refractivity (Wildman–Crippen MR) is 31.8 cm³/mol. The minimum Gasteiger partial charge on any atom is -0.191 e. The predicted octanol–water partition coefficient (Wildman–Crippen LogP) is 1.00. The van der Waals surface area contributed by atoms with Crippen molar-refractivity contribution < 1.29 is 0 Å². The molecule has 1 rings (SSSR count). The molecule has 9 heavy (non-hydrogen) atoms. The standard InChI is InChI=1S/C5H2ClN3/c6-4-1-2-8-9-5(4)3-7/h1-2H. The third-order valence-electron chi connectivity index (χ3n) is 0.777. The van der Waals surface area contributed by atoms with E-state index in [0.29, 0.717) is 5.02 Å². The Labute approximate surface area is 56.9 Å². The van der Waals surface area contributed by atoms with E-state index in [1.54, 1.807) is 6.07 Å². The van der Waals surface area contributed by atoms with Crippen molar-refractivity contribution in [2.24, 2.45) is 0 Å². The van der Waals surface area contributed by atoms with E-state index < -0.39 is 0 Å². The van der Waals surface area contributed by atoms with Crippen molar-refractivity contribution in [3.63, 3.8) is 0 Å². The quantitative estimate of drug-likeness (QED) is 0.539. The van der Waals surface area contributed by atoms with Gasteiger partial charge in [-0.1, -0.05) is 11.6 Å². The van der Waals surface area contributed by atoms with E-state index in [0.717, 1.165) is 0 Å². The first-order chi connectivity index (χ1) is 4.34. The van der Waals surface area contributed by atoms with Gasteiger partial charge in [0, 0.05) is 0 Å². The van der Waals surface area contributed by atoms with E-state index in [9.17, 15) is 0 Å². The lowest BCUT2D eigenvalue weighted by Crippen LogP contribution is -1.85. The fourth-order valence-electron chi connectivity index (χ4n) is 0.392. The summed E-state index contributed by atoms with van der Waals surface area (Å²) >= 11 is 5.50. The molecule has 3 nitrogen and oxygen atoms in total. The number of aromatic nitrogens is 2. The van der Waals surface area contributed by atoms with Gasteiger partial charge in [0.2, 0.25) is 0 Å². The highest BCUT2D eigenvalue weighted by Gasteiger charge is 1.96. The Morgan fingerprint density at radius 2 is 2.44 bits per heavy atom. The zero-order chi connectivity index (χ0) is 6.69. The first-order valence-electron chi connectivity index (χ1n) is 2.22. The van der Waals surface area contributed by atoms with Crippen molar-refractivity contribution in [1.82, 2.24) is 10.2 Å². The Kier molecular flexibility index (Phi) is 1.61. The van der Waals surface area contributed by atoms with E-state index in [1.165, 1.54) is 12.3 Å². The van der Waals surface area contributed by atoms with Gasteiger partial charge in [-0.15, -0.1) is 5.10 Å². The lowest BCUT2D eigenvalue weighted by atomic mass is 10.4. The van der Waals surface area contributed by atoms with Gasteiger partial charge in [-0.05, 0) is 6.07 Å². The Bertz CT molecular complexity index is 253. The maximum atomic E-state index is 8.28. The van der Waals surface area contributed by atoms with Gasteiger partial charge in [0.1, 0.15) is 6.07 Å². The zero-order valence-corrected chi connectivity index (χ0v) is 5.13. The number of nitrogens with zero attached hydrogens (tertiary/aromatic N) is 3. The van der Waals surface area contributed by atoms with Crippen LogP contribution in [0.3, 0.4) is 0 Å². The number of nitriles is 1. The number of hydrogen-bond donors (Lipinski definition) is 0. The van der Waals surface area contributed by atoms with E-state index in [4.69, 9.17) is 16.9 Å². The molecule has 1 aromatic rings. The summed E-state index contributed by atoms with van der Waals surface area (Å²) in [5.41, 5.74) is 0.166. The highest BCUT2D eigenvalue weighted by atomic mass is 35.5. The summed E-state index contributed by atoms with van der Waals surface area (Å²) in [6, 6.07) is 3.31. The molecule has 0 radical (unpaired) electrons. The smallest absolute Gasteiger partial charge is 0.181 e. The van der Waals surface area contributed by atoms with Gasteiger partial charge < -0.3 is 0 Å². The molecular formula is C5H2ClN3. The van der Waals surface area contributed by atoms with E-state index in [2.05, 4.69) is 10.2 Å². The first kappa shape index (κ1) is 5.99. The molecule has 0 aromatic carbocycles. The minimum absolute atomic E-state index is 0.166. The molecule has 0 saturated carbocycles. The van der Waals surface area contributed by atoms with Gasteiger partial charge in [0.15, 0.2) is 5.69 Å². The summed E-state index contributed by atoms with van der Waals surface area (Å²) in [5, 5.41) is 15.5. The molecule has 0 aliphatic rings. The first-order valence-corrected chi connectivity index (χ1v) is 2.59. The number of hydrogen-bond acceptors (Lipinski definition) is 3. The second-order valence-corrected chi connectivity index (χ2v) is 1.75. The summed E-state index contributed by atoms with van der Waals surface area (Å²) in [6.45, 7) is 0. The molecule has 0 N–H and O–H groups in total. The van der Waals surface area contributed by atoms with Crippen LogP contribution in [-0.4, -0.2) is 10.2 Å². The highest BCUT2D eigenvalue weighted by Crippen LogP contribution is 2.08. The molecule has 0 fully saturated rings. The van der Waals surface area contributed by atoms with Crippen LogP contribution in [0.15, 0.2) is 12.3 Å². The van der Waals surface area contributed by atoms with Crippen LogP contribution in [0.5, 0.6) is 0 Å². The molecule has 0 aliphatic heterocycles. The molecule has 0 spiro atoms. The van der Waals surface area contributed by atoms with Gasteiger partial charge in [-0.25, -0.2) is 0 Å². The molecular weight excluding hydrogens is 138 g/mol. The molecule has 0 unspecified atom stereocenters. The van der Waals surface area contributed by atoms with Crippen LogP contribution in [0.25, 0.3) is 0 Å². The molecule has 0 aliphatic carbocycles. The third kappa shape index (κ3) is 1.15. The van der Waals surface area contributed by atoms with Crippen LogP contribution in [-0.2, 0) is 0 Å². The number of halogens is 1. The average Bonchev–Trinajstić information content (AvgIpc) is 1.89. The van der Waals surface area contributed by atoms with Gasteiger partial charge in [0.05, 0.1) is 11.2 Å². The minimum atomic E-state index is 0.166. The summed E-state index contributed by atoms with van der Waals surface area (Å²) in [4.78, 5) is 0. The molecule has 1 aromatic heterocycles.